The molecule has 0 aromatic heterocycles. The molecule has 0 saturated heterocycles. The molecule has 1 heterocycles. The average molecular weight is 484 g/mol. The Hall–Kier alpha value is -4.32. The average Bonchev–Trinajstić information content (AvgIpc) is 3.17. The molecular formula is C30H29NO5. The smallest absolute Gasteiger partial charge is 0.290 e. The largest absolute Gasteiger partial charge is 0.503 e. The molecule has 36 heavy (non-hydrogen) atoms. The zero-order valence-electron chi connectivity index (χ0n) is 20.4. The summed E-state index contributed by atoms with van der Waals surface area (Å²) in [7, 11) is 1.54. The van der Waals surface area contributed by atoms with E-state index in [0.29, 0.717) is 36.6 Å². The summed E-state index contributed by atoms with van der Waals surface area (Å²) in [5, 5.41) is 10.9. The molecule has 1 amide bonds. The summed E-state index contributed by atoms with van der Waals surface area (Å²) in [5.74, 6) is -0.467. The van der Waals surface area contributed by atoms with Crippen molar-refractivity contribution >= 4 is 17.8 Å². The molecule has 184 valence electrons. The number of rotatable bonds is 10. The lowest BCUT2D eigenvalue weighted by molar-refractivity contribution is -0.129. The third kappa shape index (κ3) is 5.33. The highest BCUT2D eigenvalue weighted by Gasteiger charge is 2.42. The number of ether oxygens (including phenoxy) is 2. The van der Waals surface area contributed by atoms with E-state index in [4.69, 9.17) is 9.47 Å². The zero-order chi connectivity index (χ0) is 25.5. The number of carbonyl (C=O) groups excluding carboxylic acids is 2. The topological polar surface area (TPSA) is 76.1 Å². The van der Waals surface area contributed by atoms with E-state index >= 15 is 0 Å². The zero-order valence-corrected chi connectivity index (χ0v) is 20.4. The number of hydrogen-bond donors (Lipinski definition) is 1. The van der Waals surface area contributed by atoms with Crippen LogP contribution in [-0.4, -0.2) is 42.0 Å². The Kier molecular flexibility index (Phi) is 7.85. The molecule has 0 aliphatic carbocycles. The molecule has 1 aliphatic heterocycles. The van der Waals surface area contributed by atoms with Crippen molar-refractivity contribution in [2.24, 2.45) is 0 Å². The van der Waals surface area contributed by atoms with Crippen LogP contribution in [-0.2, 0) is 16.0 Å². The predicted octanol–water partition coefficient (Wildman–Crippen LogP) is 5.31. The van der Waals surface area contributed by atoms with E-state index in [0.717, 1.165) is 11.1 Å². The fraction of sp³-hybridized carbons (Fsp3) is 0.200. The standard InChI is InChI=1S/C30H29NO5/c1-3-36-25-17-15-23(20-26(25)35-2)28-27(24(32)16-14-21-10-6-4-7-11-21)29(33)30(34)31(28)19-18-22-12-8-5-9-13-22/h4-17,20,28,33H,3,18-19H2,1-2H3. The number of aliphatic hydroxyl groups excluding tert-OH is 1. The highest BCUT2D eigenvalue weighted by atomic mass is 16.5. The second kappa shape index (κ2) is 11.4. The van der Waals surface area contributed by atoms with E-state index in [-0.39, 0.29) is 5.57 Å². The molecule has 3 aromatic rings. The van der Waals surface area contributed by atoms with E-state index in [1.165, 1.54) is 13.2 Å². The fourth-order valence-corrected chi connectivity index (χ4v) is 4.33. The summed E-state index contributed by atoms with van der Waals surface area (Å²) in [6.45, 7) is 2.67. The first-order valence-electron chi connectivity index (χ1n) is 11.9. The van der Waals surface area contributed by atoms with Crippen molar-refractivity contribution < 1.29 is 24.2 Å². The first-order valence-corrected chi connectivity index (χ1v) is 11.9. The number of benzene rings is 3. The van der Waals surface area contributed by atoms with Crippen LogP contribution in [0.2, 0.25) is 0 Å². The molecule has 0 saturated carbocycles. The molecule has 0 fully saturated rings. The summed E-state index contributed by atoms with van der Waals surface area (Å²) in [4.78, 5) is 28.1. The maximum absolute atomic E-state index is 13.4. The predicted molar refractivity (Wildman–Crippen MR) is 139 cm³/mol. The van der Waals surface area contributed by atoms with Crippen LogP contribution in [0.25, 0.3) is 6.08 Å². The van der Waals surface area contributed by atoms with Crippen LogP contribution >= 0.6 is 0 Å². The molecule has 1 unspecified atom stereocenters. The van der Waals surface area contributed by atoms with Crippen LogP contribution in [0, 0.1) is 0 Å². The Morgan fingerprint density at radius 1 is 1.00 bits per heavy atom. The van der Waals surface area contributed by atoms with Crippen molar-refractivity contribution in [3.63, 3.8) is 0 Å². The van der Waals surface area contributed by atoms with Crippen LogP contribution in [0.1, 0.15) is 29.7 Å². The van der Waals surface area contributed by atoms with E-state index in [9.17, 15) is 14.7 Å². The Bertz CT molecular complexity index is 1280. The SMILES string of the molecule is CCOc1ccc(C2C(C(=O)C=Cc3ccccc3)=C(O)C(=O)N2CCc2ccccc2)cc1OC. The van der Waals surface area contributed by atoms with Crippen molar-refractivity contribution in [3.8, 4) is 11.5 Å². The van der Waals surface area contributed by atoms with Crippen LogP contribution in [0.5, 0.6) is 11.5 Å². The van der Waals surface area contributed by atoms with Gasteiger partial charge in [0.05, 0.1) is 25.3 Å². The third-order valence-corrected chi connectivity index (χ3v) is 6.08. The monoisotopic (exact) mass is 483 g/mol. The maximum Gasteiger partial charge on any atom is 0.290 e. The van der Waals surface area contributed by atoms with Crippen LogP contribution < -0.4 is 9.47 Å². The van der Waals surface area contributed by atoms with Gasteiger partial charge in [0.25, 0.3) is 5.91 Å². The third-order valence-electron chi connectivity index (χ3n) is 6.08. The van der Waals surface area contributed by atoms with Crippen molar-refractivity contribution in [2.45, 2.75) is 19.4 Å². The van der Waals surface area contributed by atoms with Gasteiger partial charge in [0.15, 0.2) is 23.0 Å². The molecule has 6 nitrogen and oxygen atoms in total. The van der Waals surface area contributed by atoms with Crippen LogP contribution in [0.4, 0.5) is 0 Å². The second-order valence-corrected chi connectivity index (χ2v) is 8.35. The lowest BCUT2D eigenvalue weighted by Gasteiger charge is -2.27. The maximum atomic E-state index is 13.4. The van der Waals surface area contributed by atoms with E-state index < -0.39 is 23.5 Å². The van der Waals surface area contributed by atoms with Gasteiger partial charge in [0.2, 0.25) is 0 Å². The minimum Gasteiger partial charge on any atom is -0.503 e. The Labute approximate surface area is 211 Å². The fourth-order valence-electron chi connectivity index (χ4n) is 4.33. The lowest BCUT2D eigenvalue weighted by Crippen LogP contribution is -2.33. The van der Waals surface area contributed by atoms with Gasteiger partial charge < -0.3 is 19.5 Å². The van der Waals surface area contributed by atoms with Gasteiger partial charge in [-0.2, -0.15) is 0 Å². The molecule has 0 bridgehead atoms. The normalized spacial score (nSPS) is 15.6. The van der Waals surface area contributed by atoms with E-state index in [1.54, 1.807) is 29.2 Å². The van der Waals surface area contributed by atoms with Crippen LogP contribution in [0.3, 0.4) is 0 Å². The number of carbonyl (C=O) groups is 2. The molecule has 1 aliphatic rings. The van der Waals surface area contributed by atoms with Gasteiger partial charge in [-0.25, -0.2) is 0 Å². The van der Waals surface area contributed by atoms with Gasteiger partial charge in [-0.3, -0.25) is 9.59 Å². The van der Waals surface area contributed by atoms with Crippen molar-refractivity contribution in [1.29, 1.82) is 0 Å². The van der Waals surface area contributed by atoms with Crippen molar-refractivity contribution in [3.05, 3.63) is 113 Å². The molecule has 4 rings (SSSR count). The quantitative estimate of drug-likeness (QED) is 0.395. The number of amides is 1. The van der Waals surface area contributed by atoms with Crippen molar-refractivity contribution in [2.75, 3.05) is 20.3 Å². The number of hydrogen-bond acceptors (Lipinski definition) is 5. The number of methoxy groups -OCH3 is 1. The Balaban J connectivity index is 1.71. The number of nitrogens with zero attached hydrogens (tertiary/aromatic N) is 1. The Morgan fingerprint density at radius 3 is 2.36 bits per heavy atom. The summed E-state index contributed by atoms with van der Waals surface area (Å²) in [5.41, 5.74) is 2.59. The summed E-state index contributed by atoms with van der Waals surface area (Å²) >= 11 is 0. The second-order valence-electron chi connectivity index (χ2n) is 8.35. The lowest BCUT2D eigenvalue weighted by atomic mass is 9.95. The van der Waals surface area contributed by atoms with Gasteiger partial charge in [-0.1, -0.05) is 72.8 Å². The summed E-state index contributed by atoms with van der Waals surface area (Å²) in [6.07, 6.45) is 3.65. The van der Waals surface area contributed by atoms with Gasteiger partial charge in [-0.15, -0.1) is 0 Å². The van der Waals surface area contributed by atoms with E-state index in [2.05, 4.69) is 0 Å². The van der Waals surface area contributed by atoms with Gasteiger partial charge in [0.1, 0.15) is 0 Å². The minimum atomic E-state index is -0.765. The van der Waals surface area contributed by atoms with E-state index in [1.807, 2.05) is 67.6 Å². The molecule has 1 atom stereocenters. The first kappa shape index (κ1) is 24.8. The van der Waals surface area contributed by atoms with Gasteiger partial charge in [-0.05, 0) is 48.2 Å². The number of allylic oxidation sites excluding steroid dienone is 1. The first-order chi connectivity index (χ1) is 17.5. The number of ketones is 1. The highest BCUT2D eigenvalue weighted by molar-refractivity contribution is 6.14. The van der Waals surface area contributed by atoms with Crippen molar-refractivity contribution in [1.82, 2.24) is 4.90 Å². The molecular weight excluding hydrogens is 454 g/mol. The highest BCUT2D eigenvalue weighted by Crippen LogP contribution is 2.41. The summed E-state index contributed by atoms with van der Waals surface area (Å²) in [6, 6.07) is 23.7. The molecule has 6 heteroatoms. The van der Waals surface area contributed by atoms with Gasteiger partial charge in [0, 0.05) is 6.54 Å². The van der Waals surface area contributed by atoms with Crippen LogP contribution in [0.15, 0.2) is 96.3 Å². The molecule has 0 radical (unpaired) electrons. The van der Waals surface area contributed by atoms with Gasteiger partial charge >= 0.3 is 0 Å². The summed E-state index contributed by atoms with van der Waals surface area (Å²) < 4.78 is 11.1. The molecule has 3 aromatic carbocycles. The Morgan fingerprint density at radius 2 is 1.69 bits per heavy atom. The molecule has 0 spiro atoms. The molecule has 1 N–H and O–H groups in total. The number of aliphatic hydroxyl groups is 1. The minimum absolute atomic E-state index is 0.0476.